The highest BCUT2D eigenvalue weighted by atomic mass is 16.5. The minimum absolute atomic E-state index is 0.0681. The molecule has 2 N–H and O–H groups in total. The second kappa shape index (κ2) is 9.35. The Balaban J connectivity index is 1.99. The number of ketones is 1. The van der Waals surface area contributed by atoms with Gasteiger partial charge in [-0.3, -0.25) is 9.59 Å². The smallest absolute Gasteiger partial charge is 0.295 e. The number of ether oxygens (including phenoxy) is 2. The van der Waals surface area contributed by atoms with Crippen LogP contribution in [0.5, 0.6) is 5.75 Å². The zero-order valence-corrected chi connectivity index (χ0v) is 20.2. The number of carbonyl (C=O) groups excluding carboxylic acids is 2. The fraction of sp³-hybridized carbons (Fsp3) is 0.333. The lowest BCUT2D eigenvalue weighted by Crippen LogP contribution is -2.31. The molecule has 1 unspecified atom stereocenters. The third kappa shape index (κ3) is 3.86. The summed E-state index contributed by atoms with van der Waals surface area (Å²) in [6.07, 6.45) is 0.564. The van der Waals surface area contributed by atoms with E-state index in [9.17, 15) is 14.7 Å². The van der Waals surface area contributed by atoms with E-state index in [2.05, 4.69) is 4.98 Å². The van der Waals surface area contributed by atoms with Crippen LogP contribution in [0.1, 0.15) is 40.4 Å². The van der Waals surface area contributed by atoms with E-state index in [4.69, 9.17) is 9.47 Å². The maximum Gasteiger partial charge on any atom is 0.295 e. The topological polar surface area (TPSA) is 91.9 Å². The molecule has 4 rings (SSSR count). The molecule has 7 nitrogen and oxygen atoms in total. The van der Waals surface area contributed by atoms with Crippen molar-refractivity contribution in [3.05, 3.63) is 69.9 Å². The van der Waals surface area contributed by atoms with Gasteiger partial charge in [-0.25, -0.2) is 0 Å². The van der Waals surface area contributed by atoms with Crippen LogP contribution in [-0.2, 0) is 14.3 Å². The summed E-state index contributed by atoms with van der Waals surface area (Å²) in [5.41, 5.74) is 4.75. The number of fused-ring (bicyclic) bond motifs is 1. The van der Waals surface area contributed by atoms with Gasteiger partial charge < -0.3 is 24.5 Å². The van der Waals surface area contributed by atoms with Gasteiger partial charge in [-0.05, 0) is 50.5 Å². The number of hydrogen-bond donors (Lipinski definition) is 2. The van der Waals surface area contributed by atoms with E-state index in [0.717, 1.165) is 33.3 Å². The Morgan fingerprint density at radius 3 is 2.56 bits per heavy atom. The number of benzene rings is 2. The van der Waals surface area contributed by atoms with Crippen molar-refractivity contribution in [2.24, 2.45) is 0 Å². The predicted molar refractivity (Wildman–Crippen MR) is 131 cm³/mol. The Kier molecular flexibility index (Phi) is 6.48. The van der Waals surface area contributed by atoms with Crippen molar-refractivity contribution in [1.29, 1.82) is 0 Å². The number of carbonyl (C=O) groups is 2. The Labute approximate surface area is 199 Å². The molecular formula is C27H30N2O5. The van der Waals surface area contributed by atoms with Crippen LogP contribution < -0.4 is 4.74 Å². The molecule has 1 aromatic heterocycles. The molecule has 0 saturated carbocycles. The summed E-state index contributed by atoms with van der Waals surface area (Å²) in [5, 5.41) is 12.5. The number of nitrogens with one attached hydrogen (secondary N) is 1. The van der Waals surface area contributed by atoms with Crippen molar-refractivity contribution in [3.8, 4) is 5.75 Å². The third-order valence-electron chi connectivity index (χ3n) is 6.38. The molecule has 34 heavy (non-hydrogen) atoms. The molecule has 7 heteroatoms. The minimum atomic E-state index is -0.737. The SMILES string of the molecule is COCCCN1C(=O)C(=O)/C(=C(/O)c2cc(C)cc(C)c2OC)C1c1c(C)[nH]c2ccccc12. The van der Waals surface area contributed by atoms with Crippen LogP contribution in [-0.4, -0.2) is 54.1 Å². The molecule has 2 heterocycles. The van der Waals surface area contributed by atoms with Crippen molar-refractivity contribution >= 4 is 28.4 Å². The Bertz CT molecular complexity index is 1300. The number of Topliss-reactive ketones (excluding diaryl/α,β-unsaturated/α-hetero) is 1. The van der Waals surface area contributed by atoms with Crippen LogP contribution >= 0.6 is 0 Å². The molecule has 2 aromatic carbocycles. The number of aromatic amines is 1. The first kappa shape index (κ1) is 23.6. The number of likely N-dealkylation sites (tertiary alicyclic amines) is 1. The van der Waals surface area contributed by atoms with Crippen molar-refractivity contribution < 1.29 is 24.2 Å². The lowest BCUT2D eigenvalue weighted by molar-refractivity contribution is -0.140. The first-order chi connectivity index (χ1) is 16.3. The molecule has 0 radical (unpaired) electrons. The number of hydrogen-bond acceptors (Lipinski definition) is 5. The lowest BCUT2D eigenvalue weighted by Gasteiger charge is -2.26. The largest absolute Gasteiger partial charge is 0.507 e. The van der Waals surface area contributed by atoms with Crippen LogP contribution in [0, 0.1) is 20.8 Å². The molecule has 0 aliphatic carbocycles. The molecule has 1 fully saturated rings. The van der Waals surface area contributed by atoms with Gasteiger partial charge in [0.25, 0.3) is 11.7 Å². The van der Waals surface area contributed by atoms with Crippen LogP contribution in [0.25, 0.3) is 16.7 Å². The van der Waals surface area contributed by atoms with E-state index in [-0.39, 0.29) is 11.3 Å². The van der Waals surface area contributed by atoms with Crippen LogP contribution in [0.3, 0.4) is 0 Å². The Hall–Kier alpha value is -3.58. The zero-order valence-electron chi connectivity index (χ0n) is 20.2. The average molecular weight is 463 g/mol. The monoisotopic (exact) mass is 462 g/mol. The van der Waals surface area contributed by atoms with Gasteiger partial charge in [0.1, 0.15) is 11.5 Å². The number of nitrogens with zero attached hydrogens (tertiary/aromatic N) is 1. The highest BCUT2D eigenvalue weighted by Crippen LogP contribution is 2.44. The summed E-state index contributed by atoms with van der Waals surface area (Å²) >= 11 is 0. The van der Waals surface area contributed by atoms with Gasteiger partial charge in [0.2, 0.25) is 0 Å². The van der Waals surface area contributed by atoms with Gasteiger partial charge in [0.15, 0.2) is 0 Å². The third-order valence-corrected chi connectivity index (χ3v) is 6.38. The fourth-order valence-electron chi connectivity index (χ4n) is 4.99. The molecule has 1 aliphatic rings. The van der Waals surface area contributed by atoms with E-state index in [1.165, 1.54) is 7.11 Å². The summed E-state index contributed by atoms with van der Waals surface area (Å²) < 4.78 is 10.8. The molecule has 1 aliphatic heterocycles. The summed E-state index contributed by atoms with van der Waals surface area (Å²) in [4.78, 5) is 31.5. The normalized spacial score (nSPS) is 17.7. The number of aliphatic hydroxyl groups is 1. The standard InChI is InChI=1S/C27H30N2O5/c1-15-13-16(2)26(34-5)19(14-15)24(30)22-23(29(11-8-12-33-4)27(32)25(22)31)21-17(3)28-20-10-7-6-9-18(20)21/h6-7,9-10,13-14,23,28,30H,8,11-12H2,1-5H3/b24-22+. The second-order valence-electron chi connectivity index (χ2n) is 8.71. The number of methoxy groups -OCH3 is 2. The number of aromatic nitrogens is 1. The summed E-state index contributed by atoms with van der Waals surface area (Å²) in [6.45, 7) is 6.49. The second-order valence-corrected chi connectivity index (χ2v) is 8.71. The molecule has 1 saturated heterocycles. The van der Waals surface area contributed by atoms with Gasteiger partial charge in [-0.2, -0.15) is 0 Å². The average Bonchev–Trinajstić information content (AvgIpc) is 3.26. The van der Waals surface area contributed by atoms with Crippen LogP contribution in [0.15, 0.2) is 42.0 Å². The molecule has 178 valence electrons. The molecule has 3 aromatic rings. The van der Waals surface area contributed by atoms with Gasteiger partial charge in [0, 0.05) is 42.4 Å². The number of aliphatic hydroxyl groups excluding tert-OH is 1. The quantitative estimate of drug-likeness (QED) is 0.232. The van der Waals surface area contributed by atoms with Crippen molar-refractivity contribution in [2.45, 2.75) is 33.2 Å². The lowest BCUT2D eigenvalue weighted by atomic mass is 9.92. The number of para-hydroxylation sites is 1. The zero-order chi connectivity index (χ0) is 24.6. The number of H-pyrrole nitrogens is 1. The number of rotatable bonds is 7. The van der Waals surface area contributed by atoms with Crippen molar-refractivity contribution in [1.82, 2.24) is 9.88 Å². The predicted octanol–water partition coefficient (Wildman–Crippen LogP) is 4.56. The van der Waals surface area contributed by atoms with E-state index < -0.39 is 17.7 Å². The molecule has 1 amide bonds. The van der Waals surface area contributed by atoms with Gasteiger partial charge in [0.05, 0.1) is 24.3 Å². The van der Waals surface area contributed by atoms with E-state index in [1.54, 1.807) is 18.1 Å². The first-order valence-corrected chi connectivity index (χ1v) is 11.3. The molecule has 0 spiro atoms. The van der Waals surface area contributed by atoms with E-state index >= 15 is 0 Å². The van der Waals surface area contributed by atoms with Gasteiger partial charge in [-0.15, -0.1) is 0 Å². The Morgan fingerprint density at radius 2 is 1.85 bits per heavy atom. The highest BCUT2D eigenvalue weighted by molar-refractivity contribution is 6.46. The van der Waals surface area contributed by atoms with E-state index in [0.29, 0.717) is 30.9 Å². The maximum atomic E-state index is 13.4. The number of amides is 1. The van der Waals surface area contributed by atoms with E-state index in [1.807, 2.05) is 51.1 Å². The van der Waals surface area contributed by atoms with Crippen LogP contribution in [0.2, 0.25) is 0 Å². The van der Waals surface area contributed by atoms with Crippen LogP contribution in [0.4, 0.5) is 0 Å². The number of aryl methyl sites for hydroxylation is 3. The molecule has 1 atom stereocenters. The van der Waals surface area contributed by atoms with Crippen molar-refractivity contribution in [3.63, 3.8) is 0 Å². The molecular weight excluding hydrogens is 432 g/mol. The Morgan fingerprint density at radius 1 is 1.12 bits per heavy atom. The summed E-state index contributed by atoms with van der Waals surface area (Å²) in [7, 11) is 3.13. The minimum Gasteiger partial charge on any atom is -0.507 e. The maximum absolute atomic E-state index is 13.4. The summed E-state index contributed by atoms with van der Waals surface area (Å²) in [5.74, 6) is -1.09. The fourth-order valence-corrected chi connectivity index (χ4v) is 4.99. The summed E-state index contributed by atoms with van der Waals surface area (Å²) in [6, 6.07) is 10.7. The van der Waals surface area contributed by atoms with Crippen molar-refractivity contribution in [2.75, 3.05) is 27.4 Å². The van der Waals surface area contributed by atoms with Gasteiger partial charge >= 0.3 is 0 Å². The highest BCUT2D eigenvalue weighted by Gasteiger charge is 2.47. The molecule has 0 bridgehead atoms. The van der Waals surface area contributed by atoms with Gasteiger partial charge in [-0.1, -0.05) is 24.3 Å². The first-order valence-electron chi connectivity index (χ1n) is 11.3.